The lowest BCUT2D eigenvalue weighted by atomic mass is 10.2. The number of hydrogen-bond donors (Lipinski definition) is 2. The Morgan fingerprint density at radius 1 is 1.39 bits per heavy atom. The van der Waals surface area contributed by atoms with Gasteiger partial charge in [-0.25, -0.2) is 9.37 Å². The van der Waals surface area contributed by atoms with Crippen LogP contribution in [0.3, 0.4) is 0 Å². The summed E-state index contributed by atoms with van der Waals surface area (Å²) < 4.78 is 14.1. The van der Waals surface area contributed by atoms with Crippen molar-refractivity contribution in [2.45, 2.75) is 6.54 Å². The number of nitrogens with one attached hydrogen (secondary N) is 1. The molecule has 0 saturated heterocycles. The first-order chi connectivity index (χ1) is 11.0. The van der Waals surface area contributed by atoms with E-state index >= 15 is 0 Å². The number of amides is 1. The van der Waals surface area contributed by atoms with Crippen molar-refractivity contribution in [1.82, 2.24) is 14.9 Å². The molecule has 6 nitrogen and oxygen atoms in total. The second-order valence-electron chi connectivity index (χ2n) is 4.90. The van der Waals surface area contributed by atoms with Crippen LogP contribution in [0.25, 0.3) is 10.3 Å². The van der Waals surface area contributed by atoms with Crippen molar-refractivity contribution >= 4 is 27.6 Å². The van der Waals surface area contributed by atoms with Crippen LogP contribution in [0.1, 0.15) is 15.9 Å². The van der Waals surface area contributed by atoms with Gasteiger partial charge in [0.2, 0.25) is 0 Å². The van der Waals surface area contributed by atoms with Crippen molar-refractivity contribution in [2.24, 2.45) is 7.05 Å². The van der Waals surface area contributed by atoms with E-state index in [1.54, 1.807) is 0 Å². The molecule has 8 heteroatoms. The third-order valence-corrected chi connectivity index (χ3v) is 4.33. The summed E-state index contributed by atoms with van der Waals surface area (Å²) in [6.45, 7) is 0.108. The Morgan fingerprint density at radius 3 is 2.78 bits per heavy atom. The summed E-state index contributed by atoms with van der Waals surface area (Å²) in [6, 6.07) is 5.60. The molecule has 0 fully saturated rings. The molecule has 0 aliphatic carbocycles. The first-order valence-electron chi connectivity index (χ1n) is 6.67. The van der Waals surface area contributed by atoms with Gasteiger partial charge in [-0.1, -0.05) is 12.1 Å². The Hall–Kier alpha value is -2.74. The number of aromatic nitrogens is 2. The fraction of sp³-hybridized carbons (Fsp3) is 0.133. The van der Waals surface area contributed by atoms with Gasteiger partial charge in [-0.05, 0) is 17.7 Å². The van der Waals surface area contributed by atoms with Gasteiger partial charge in [-0.3, -0.25) is 9.59 Å². The lowest BCUT2D eigenvalue weighted by Gasteiger charge is -2.09. The van der Waals surface area contributed by atoms with Crippen molar-refractivity contribution < 1.29 is 14.3 Å². The number of fused-ring (bicyclic) bond motifs is 1. The highest BCUT2D eigenvalue weighted by atomic mass is 32.1. The van der Waals surface area contributed by atoms with E-state index < -0.39 is 17.2 Å². The summed E-state index contributed by atoms with van der Waals surface area (Å²) >= 11 is 1.20. The van der Waals surface area contributed by atoms with Crippen molar-refractivity contribution in [2.75, 3.05) is 0 Å². The summed E-state index contributed by atoms with van der Waals surface area (Å²) in [5.41, 5.74) is 1.42. The predicted molar refractivity (Wildman–Crippen MR) is 84.1 cm³/mol. The van der Waals surface area contributed by atoms with E-state index in [9.17, 15) is 19.1 Å². The number of benzene rings is 1. The second-order valence-corrected chi connectivity index (χ2v) is 5.74. The van der Waals surface area contributed by atoms with E-state index in [2.05, 4.69) is 10.3 Å². The molecule has 2 aromatic heterocycles. The largest absolute Gasteiger partial charge is 0.505 e. The van der Waals surface area contributed by atoms with Crippen molar-refractivity contribution in [3.8, 4) is 5.75 Å². The van der Waals surface area contributed by atoms with Crippen molar-refractivity contribution in [1.29, 1.82) is 0 Å². The monoisotopic (exact) mass is 333 g/mol. The molecule has 23 heavy (non-hydrogen) atoms. The zero-order chi connectivity index (χ0) is 16.6. The molecule has 0 unspecified atom stereocenters. The molecule has 0 aliphatic heterocycles. The minimum atomic E-state index is -0.706. The van der Waals surface area contributed by atoms with E-state index in [0.717, 1.165) is 0 Å². The number of halogens is 1. The maximum absolute atomic E-state index is 12.8. The topological polar surface area (TPSA) is 84.2 Å². The molecule has 1 amide bonds. The quantitative estimate of drug-likeness (QED) is 0.765. The number of aromatic hydroxyl groups is 1. The maximum atomic E-state index is 12.8. The zero-order valence-corrected chi connectivity index (χ0v) is 12.9. The van der Waals surface area contributed by atoms with Crippen LogP contribution in [0.15, 0.2) is 34.6 Å². The predicted octanol–water partition coefficient (Wildman–Crippen LogP) is 1.77. The first kappa shape index (κ1) is 15.2. The summed E-state index contributed by atoms with van der Waals surface area (Å²) in [6.07, 6.45) is 0. The minimum Gasteiger partial charge on any atom is -0.505 e. The van der Waals surface area contributed by atoms with Crippen LogP contribution in [0, 0.1) is 5.82 Å². The van der Waals surface area contributed by atoms with Gasteiger partial charge in [0.1, 0.15) is 21.7 Å². The lowest BCUT2D eigenvalue weighted by molar-refractivity contribution is 0.0946. The number of rotatable bonds is 3. The van der Waals surface area contributed by atoms with E-state index in [0.29, 0.717) is 10.4 Å². The summed E-state index contributed by atoms with van der Waals surface area (Å²) in [5.74, 6) is -1.51. The Labute approximate surface area is 133 Å². The fourth-order valence-corrected chi connectivity index (χ4v) is 2.96. The van der Waals surface area contributed by atoms with Crippen LogP contribution in [0.4, 0.5) is 4.39 Å². The van der Waals surface area contributed by atoms with Gasteiger partial charge in [0.25, 0.3) is 11.5 Å². The SMILES string of the molecule is Cn1c(=O)c(C(=O)NCc2ccc(F)cc2)c(O)c2ncsc21. The van der Waals surface area contributed by atoms with E-state index in [1.165, 1.54) is 52.7 Å². The van der Waals surface area contributed by atoms with Crippen LogP contribution >= 0.6 is 11.3 Å². The Morgan fingerprint density at radius 2 is 2.09 bits per heavy atom. The molecule has 0 radical (unpaired) electrons. The third-order valence-electron chi connectivity index (χ3n) is 3.43. The first-order valence-corrected chi connectivity index (χ1v) is 7.55. The molecule has 0 aliphatic rings. The molecule has 0 saturated carbocycles. The van der Waals surface area contributed by atoms with Gasteiger partial charge in [-0.2, -0.15) is 0 Å². The molecular weight excluding hydrogens is 321 g/mol. The van der Waals surface area contributed by atoms with E-state index in [4.69, 9.17) is 0 Å². The highest BCUT2D eigenvalue weighted by Gasteiger charge is 2.22. The van der Waals surface area contributed by atoms with Crippen LogP contribution < -0.4 is 10.9 Å². The molecule has 2 N–H and O–H groups in total. The molecule has 2 heterocycles. The summed E-state index contributed by atoms with van der Waals surface area (Å²) in [7, 11) is 1.51. The zero-order valence-electron chi connectivity index (χ0n) is 12.0. The van der Waals surface area contributed by atoms with Gasteiger partial charge >= 0.3 is 0 Å². The standard InChI is InChI=1S/C15H12FN3O3S/c1-19-14(22)10(12(20)11-15(19)23-7-18-11)13(21)17-6-8-2-4-9(16)5-3-8/h2-5,7,20H,6H2,1H3,(H,17,21). The minimum absolute atomic E-state index is 0.108. The van der Waals surface area contributed by atoms with E-state index in [1.807, 2.05) is 0 Å². The molecule has 0 bridgehead atoms. The molecule has 0 atom stereocenters. The number of carbonyl (C=O) groups is 1. The molecule has 3 aromatic rings. The average Bonchev–Trinajstić information content (AvgIpc) is 3.02. The van der Waals surface area contributed by atoms with Crippen LogP contribution in [0.2, 0.25) is 0 Å². The van der Waals surface area contributed by atoms with Crippen molar-refractivity contribution in [3.63, 3.8) is 0 Å². The molecule has 1 aromatic carbocycles. The lowest BCUT2D eigenvalue weighted by Crippen LogP contribution is -2.32. The molecule has 3 rings (SSSR count). The number of nitrogens with zero attached hydrogens (tertiary/aromatic N) is 2. The van der Waals surface area contributed by atoms with Crippen LogP contribution in [-0.4, -0.2) is 20.6 Å². The normalized spacial score (nSPS) is 10.9. The summed E-state index contributed by atoms with van der Waals surface area (Å²) in [4.78, 5) is 29.0. The highest BCUT2D eigenvalue weighted by molar-refractivity contribution is 7.16. The van der Waals surface area contributed by atoms with Gasteiger partial charge in [0, 0.05) is 13.6 Å². The molecule has 118 valence electrons. The maximum Gasteiger partial charge on any atom is 0.268 e. The Kier molecular flexibility index (Phi) is 3.83. The molecule has 0 spiro atoms. The van der Waals surface area contributed by atoms with E-state index in [-0.39, 0.29) is 23.4 Å². The van der Waals surface area contributed by atoms with Crippen LogP contribution in [0.5, 0.6) is 5.75 Å². The molecular formula is C15H12FN3O3S. The smallest absolute Gasteiger partial charge is 0.268 e. The number of hydrogen-bond acceptors (Lipinski definition) is 5. The fourth-order valence-electron chi connectivity index (χ4n) is 2.20. The number of aryl methyl sites for hydroxylation is 1. The third kappa shape index (κ3) is 2.68. The Balaban J connectivity index is 1.92. The number of pyridine rings is 1. The van der Waals surface area contributed by atoms with Gasteiger partial charge in [-0.15, -0.1) is 11.3 Å². The second kappa shape index (κ2) is 5.81. The average molecular weight is 333 g/mol. The highest BCUT2D eigenvalue weighted by Crippen LogP contribution is 2.27. The number of carbonyl (C=O) groups excluding carboxylic acids is 1. The number of thiazole rings is 1. The Bertz CT molecular complexity index is 947. The van der Waals surface area contributed by atoms with Crippen molar-refractivity contribution in [3.05, 3.63) is 57.1 Å². The van der Waals surface area contributed by atoms with Gasteiger partial charge < -0.3 is 15.0 Å². The summed E-state index contributed by atoms with van der Waals surface area (Å²) in [5, 5.41) is 12.7. The van der Waals surface area contributed by atoms with Gasteiger partial charge in [0.05, 0.1) is 5.51 Å². The van der Waals surface area contributed by atoms with Crippen LogP contribution in [-0.2, 0) is 13.6 Å². The van der Waals surface area contributed by atoms with Gasteiger partial charge in [0.15, 0.2) is 5.75 Å².